The molecule has 1 aliphatic heterocycles. The third-order valence-corrected chi connectivity index (χ3v) is 4.76. The lowest BCUT2D eigenvalue weighted by molar-refractivity contribution is 0.0518. The van der Waals surface area contributed by atoms with Gasteiger partial charge in [-0.1, -0.05) is 19.3 Å². The Bertz CT molecular complexity index is 509. The number of piperazine rings is 1. The zero-order chi connectivity index (χ0) is 15.4. The summed E-state index contributed by atoms with van der Waals surface area (Å²) < 4.78 is 5.06. The van der Waals surface area contributed by atoms with Crippen LogP contribution in [0.2, 0.25) is 0 Å². The highest BCUT2D eigenvalue weighted by Crippen LogP contribution is 2.23. The van der Waals surface area contributed by atoms with Crippen LogP contribution >= 0.6 is 0 Å². The highest BCUT2D eigenvalue weighted by molar-refractivity contribution is 5.92. The molecule has 1 saturated heterocycles. The van der Waals surface area contributed by atoms with Gasteiger partial charge in [0, 0.05) is 38.3 Å². The van der Waals surface area contributed by atoms with Gasteiger partial charge in [0.1, 0.15) is 12.0 Å². The van der Waals surface area contributed by atoms with E-state index in [1.54, 1.807) is 13.2 Å². The van der Waals surface area contributed by atoms with Gasteiger partial charge in [0.05, 0.1) is 7.11 Å². The second-order valence-electron chi connectivity index (χ2n) is 6.07. The van der Waals surface area contributed by atoms with Gasteiger partial charge in [-0.05, 0) is 12.8 Å². The lowest BCUT2D eigenvalue weighted by atomic mass is 9.94. The van der Waals surface area contributed by atoms with Crippen molar-refractivity contribution in [3.8, 4) is 5.88 Å². The smallest absolute Gasteiger partial charge is 0.272 e. The molecule has 2 heterocycles. The Hall–Kier alpha value is -1.69. The molecule has 0 N–H and O–H groups in total. The van der Waals surface area contributed by atoms with Crippen molar-refractivity contribution in [2.24, 2.45) is 0 Å². The van der Waals surface area contributed by atoms with Crippen molar-refractivity contribution in [3.63, 3.8) is 0 Å². The molecule has 0 unspecified atom stereocenters. The molecule has 6 heteroatoms. The number of carbonyl (C=O) groups excluding carboxylic acids is 1. The van der Waals surface area contributed by atoms with Gasteiger partial charge in [-0.25, -0.2) is 9.97 Å². The third kappa shape index (κ3) is 3.38. The Morgan fingerprint density at radius 1 is 1.14 bits per heavy atom. The second kappa shape index (κ2) is 7.05. The fourth-order valence-corrected chi connectivity index (χ4v) is 3.47. The summed E-state index contributed by atoms with van der Waals surface area (Å²) in [5, 5.41) is 0. The fraction of sp³-hybridized carbons (Fsp3) is 0.688. The average molecular weight is 304 g/mol. The topological polar surface area (TPSA) is 58.6 Å². The lowest BCUT2D eigenvalue weighted by Gasteiger charge is -2.40. The molecule has 2 aliphatic rings. The van der Waals surface area contributed by atoms with Gasteiger partial charge in [0.2, 0.25) is 5.88 Å². The summed E-state index contributed by atoms with van der Waals surface area (Å²) in [6, 6.07) is 2.33. The Morgan fingerprint density at radius 2 is 1.86 bits per heavy atom. The van der Waals surface area contributed by atoms with Gasteiger partial charge >= 0.3 is 0 Å². The highest BCUT2D eigenvalue weighted by Gasteiger charge is 2.28. The molecule has 0 spiro atoms. The molecule has 1 aliphatic carbocycles. The van der Waals surface area contributed by atoms with Crippen LogP contribution in [0.5, 0.6) is 5.88 Å². The van der Waals surface area contributed by atoms with Gasteiger partial charge in [0.15, 0.2) is 0 Å². The van der Waals surface area contributed by atoms with Crippen molar-refractivity contribution in [3.05, 3.63) is 18.1 Å². The predicted molar refractivity (Wildman–Crippen MR) is 82.9 cm³/mol. The van der Waals surface area contributed by atoms with Gasteiger partial charge < -0.3 is 9.64 Å². The number of hydrogen-bond donors (Lipinski definition) is 0. The molecule has 0 atom stereocenters. The molecule has 3 rings (SSSR count). The number of hydrogen-bond acceptors (Lipinski definition) is 5. The van der Waals surface area contributed by atoms with Crippen molar-refractivity contribution in [2.75, 3.05) is 33.3 Å². The first-order valence-electron chi connectivity index (χ1n) is 8.17. The van der Waals surface area contributed by atoms with E-state index in [4.69, 9.17) is 4.74 Å². The summed E-state index contributed by atoms with van der Waals surface area (Å²) in [5.74, 6) is 0.406. The molecule has 0 aromatic carbocycles. The van der Waals surface area contributed by atoms with E-state index >= 15 is 0 Å². The van der Waals surface area contributed by atoms with Crippen LogP contribution in [0.4, 0.5) is 0 Å². The highest BCUT2D eigenvalue weighted by atomic mass is 16.5. The maximum Gasteiger partial charge on any atom is 0.272 e. The molecule has 0 bridgehead atoms. The average Bonchev–Trinajstić information content (AvgIpc) is 2.62. The maximum absolute atomic E-state index is 12.5. The number of rotatable bonds is 3. The molecule has 1 aromatic heterocycles. The lowest BCUT2D eigenvalue weighted by Crippen LogP contribution is -2.52. The number of carbonyl (C=O) groups is 1. The Morgan fingerprint density at radius 3 is 2.55 bits per heavy atom. The molecular weight excluding hydrogens is 280 g/mol. The molecule has 120 valence electrons. The standard InChI is InChI=1S/C16H24N4O2/c1-22-15-11-14(17-12-18-15)16(21)20-9-7-19(8-10-20)13-5-3-2-4-6-13/h11-13H,2-10H2,1H3. The summed E-state index contributed by atoms with van der Waals surface area (Å²) in [5.41, 5.74) is 0.415. The number of aromatic nitrogens is 2. The van der Waals surface area contributed by atoms with Crippen LogP contribution in [0.25, 0.3) is 0 Å². The van der Waals surface area contributed by atoms with E-state index in [0.717, 1.165) is 32.2 Å². The van der Waals surface area contributed by atoms with Gasteiger partial charge in [-0.15, -0.1) is 0 Å². The quantitative estimate of drug-likeness (QED) is 0.848. The van der Waals surface area contributed by atoms with Gasteiger partial charge in [-0.2, -0.15) is 0 Å². The van der Waals surface area contributed by atoms with Crippen LogP contribution in [0.3, 0.4) is 0 Å². The number of methoxy groups -OCH3 is 1. The normalized spacial score (nSPS) is 20.9. The number of nitrogens with zero attached hydrogens (tertiary/aromatic N) is 4. The van der Waals surface area contributed by atoms with E-state index in [1.165, 1.54) is 38.4 Å². The van der Waals surface area contributed by atoms with Gasteiger partial charge in [0.25, 0.3) is 5.91 Å². The van der Waals surface area contributed by atoms with Crippen molar-refractivity contribution in [1.29, 1.82) is 0 Å². The first-order valence-corrected chi connectivity index (χ1v) is 8.17. The molecule has 2 fully saturated rings. The van der Waals surface area contributed by atoms with Crippen LogP contribution in [-0.4, -0.2) is 65.0 Å². The molecule has 1 aromatic rings. The minimum Gasteiger partial charge on any atom is -0.481 e. The Kier molecular flexibility index (Phi) is 4.87. The predicted octanol–water partition coefficient (Wildman–Crippen LogP) is 1.58. The SMILES string of the molecule is COc1cc(C(=O)N2CCN(C3CCCCC3)CC2)ncn1. The van der Waals surface area contributed by atoms with Crippen molar-refractivity contribution in [1.82, 2.24) is 19.8 Å². The van der Waals surface area contributed by atoms with E-state index in [9.17, 15) is 4.79 Å². The number of amides is 1. The first-order chi connectivity index (χ1) is 10.8. The Labute approximate surface area is 131 Å². The van der Waals surface area contributed by atoms with Crippen LogP contribution in [0.1, 0.15) is 42.6 Å². The van der Waals surface area contributed by atoms with Crippen molar-refractivity contribution >= 4 is 5.91 Å². The molecule has 0 radical (unpaired) electrons. The van der Waals surface area contributed by atoms with Crippen molar-refractivity contribution in [2.45, 2.75) is 38.1 Å². The largest absolute Gasteiger partial charge is 0.481 e. The van der Waals surface area contributed by atoms with E-state index in [0.29, 0.717) is 11.6 Å². The molecule has 1 saturated carbocycles. The fourth-order valence-electron chi connectivity index (χ4n) is 3.47. The van der Waals surface area contributed by atoms with Crippen molar-refractivity contribution < 1.29 is 9.53 Å². The van der Waals surface area contributed by atoms with E-state index in [2.05, 4.69) is 14.9 Å². The number of ether oxygens (including phenoxy) is 1. The summed E-state index contributed by atoms with van der Waals surface area (Å²) >= 11 is 0. The molecule has 6 nitrogen and oxygen atoms in total. The van der Waals surface area contributed by atoms with Crippen LogP contribution in [0, 0.1) is 0 Å². The maximum atomic E-state index is 12.5. The summed E-state index contributed by atoms with van der Waals surface area (Å²) in [4.78, 5) is 25.0. The van der Waals surface area contributed by atoms with Crippen LogP contribution in [-0.2, 0) is 0 Å². The molecule has 22 heavy (non-hydrogen) atoms. The minimum atomic E-state index is -0.0241. The molecular formula is C16H24N4O2. The zero-order valence-corrected chi connectivity index (χ0v) is 13.2. The summed E-state index contributed by atoms with van der Waals surface area (Å²) in [6.07, 6.45) is 8.10. The summed E-state index contributed by atoms with van der Waals surface area (Å²) in [6.45, 7) is 3.50. The van der Waals surface area contributed by atoms with Crippen LogP contribution in [0.15, 0.2) is 12.4 Å². The van der Waals surface area contributed by atoms with E-state index in [1.807, 2.05) is 4.90 Å². The van der Waals surface area contributed by atoms with Crippen LogP contribution < -0.4 is 4.74 Å². The summed E-state index contributed by atoms with van der Waals surface area (Å²) in [7, 11) is 1.54. The second-order valence-corrected chi connectivity index (χ2v) is 6.07. The van der Waals surface area contributed by atoms with E-state index < -0.39 is 0 Å². The Balaban J connectivity index is 1.57. The zero-order valence-electron chi connectivity index (χ0n) is 13.2. The molecule has 1 amide bonds. The first kappa shape index (κ1) is 15.2. The van der Waals surface area contributed by atoms with Gasteiger partial charge in [-0.3, -0.25) is 9.69 Å². The van der Waals surface area contributed by atoms with E-state index in [-0.39, 0.29) is 5.91 Å². The minimum absolute atomic E-state index is 0.0241. The monoisotopic (exact) mass is 304 g/mol. The third-order valence-electron chi connectivity index (χ3n) is 4.76.